The van der Waals surface area contributed by atoms with Crippen LogP contribution in [0.1, 0.15) is 75.1 Å². The molecule has 13 atom stereocenters. The van der Waals surface area contributed by atoms with E-state index in [0.29, 0.717) is 41.3 Å². The van der Waals surface area contributed by atoms with Gasteiger partial charge in [0.05, 0.1) is 31.1 Å². The molecule has 0 radical (unpaired) electrons. The second-order valence-corrected chi connectivity index (χ2v) is 20.3. The summed E-state index contributed by atoms with van der Waals surface area (Å²) in [5, 5.41) is 0.328. The number of piperidine rings is 2. The quantitative estimate of drug-likeness (QED) is 0.127. The van der Waals surface area contributed by atoms with Crippen LogP contribution < -0.4 is 5.73 Å². The predicted molar refractivity (Wildman–Crippen MR) is 227 cm³/mol. The molecule has 4 amide bonds. The van der Waals surface area contributed by atoms with Gasteiger partial charge in [-0.2, -0.15) is 0 Å². The number of aromatic nitrogens is 4. The van der Waals surface area contributed by atoms with E-state index in [2.05, 4.69) is 15.0 Å². The highest BCUT2D eigenvalue weighted by Crippen LogP contribution is 2.67. The molecule has 14 nitrogen and oxygen atoms in total. The van der Waals surface area contributed by atoms with Crippen LogP contribution in [0.3, 0.4) is 0 Å². The zero-order valence-corrected chi connectivity index (χ0v) is 36.5. The third-order valence-electron chi connectivity index (χ3n) is 16.3. The number of halogens is 5. The lowest BCUT2D eigenvalue weighted by molar-refractivity contribution is -0.146. The Morgan fingerprint density at radius 2 is 1.32 bits per heavy atom. The molecule has 3 unspecified atom stereocenters. The number of likely N-dealkylation sites (tertiary alicyclic amines) is 2. The van der Waals surface area contributed by atoms with Crippen molar-refractivity contribution in [2.75, 3.05) is 13.7 Å². The highest BCUT2D eigenvalue weighted by Gasteiger charge is 2.73. The molecule has 2 aromatic heterocycles. The first-order valence-electron chi connectivity index (χ1n) is 22.8. The first kappa shape index (κ1) is 41.8. The number of benzene rings is 2. The summed E-state index contributed by atoms with van der Waals surface area (Å²) in [7, 11) is 1.23. The number of nitrogens with zero attached hydrogens (tertiary/aromatic N) is 5. The summed E-state index contributed by atoms with van der Waals surface area (Å²) in [6, 6.07) is 14.5. The summed E-state index contributed by atoms with van der Waals surface area (Å²) < 4.78 is 66.3. The fraction of sp³-hybridized carbons (Fsp3) is 0.532. The fourth-order valence-electron chi connectivity index (χ4n) is 12.6. The van der Waals surface area contributed by atoms with Gasteiger partial charge in [-0.15, -0.1) is 0 Å². The minimum absolute atomic E-state index is 0.00941. The molecule has 2 aliphatic heterocycles. The Morgan fingerprint density at radius 1 is 0.773 bits per heavy atom. The van der Waals surface area contributed by atoms with Crippen LogP contribution in [0.5, 0.6) is 0 Å². The second kappa shape index (κ2) is 14.7. The van der Waals surface area contributed by atoms with Gasteiger partial charge in [-0.3, -0.25) is 14.5 Å². The maximum atomic E-state index is 14.1. The van der Waals surface area contributed by atoms with Crippen molar-refractivity contribution in [3.05, 3.63) is 71.5 Å². The molecule has 6 aliphatic carbocycles. The average Bonchev–Trinajstić information content (AvgIpc) is 4.01. The number of primary amides is 1. The van der Waals surface area contributed by atoms with Gasteiger partial charge in [0.25, 0.3) is 17.8 Å². The van der Waals surface area contributed by atoms with E-state index in [-0.39, 0.29) is 68.2 Å². The van der Waals surface area contributed by atoms with Gasteiger partial charge in [-0.1, -0.05) is 60.1 Å². The maximum Gasteiger partial charge on any atom is 0.410 e. The number of rotatable bonds is 11. The van der Waals surface area contributed by atoms with Crippen molar-refractivity contribution in [1.82, 2.24) is 34.6 Å². The van der Waals surface area contributed by atoms with Crippen LogP contribution in [-0.4, -0.2) is 108 Å². The van der Waals surface area contributed by atoms with Crippen molar-refractivity contribution in [1.29, 1.82) is 0 Å². The van der Waals surface area contributed by atoms with E-state index in [4.69, 9.17) is 31.8 Å². The van der Waals surface area contributed by atoms with Gasteiger partial charge < -0.3 is 35.0 Å². The lowest BCUT2D eigenvalue weighted by atomic mass is 9.94. The van der Waals surface area contributed by atoms with Crippen LogP contribution in [-0.2, 0) is 19.1 Å². The highest BCUT2D eigenvalue weighted by atomic mass is 35.5. The lowest BCUT2D eigenvalue weighted by Gasteiger charge is -2.32. The number of carbonyl (C=O) groups is 4. The van der Waals surface area contributed by atoms with Crippen LogP contribution in [0.4, 0.5) is 27.2 Å². The van der Waals surface area contributed by atoms with Crippen molar-refractivity contribution in [2.45, 2.75) is 99.5 Å². The van der Waals surface area contributed by atoms with Crippen LogP contribution in [0.2, 0.25) is 5.15 Å². The SMILES string of the molecule is COC(=O)N(CC(=O)N1[C@@H]2C[C@@H]2C[C@H]1c1nc(-c2ccc(-c3ccc(-c4cnc([C@@H]5C[C@H]6C[C@H]6N5C(=O)C(OC(N)=O)C5C[C@@H]6[C@H](C5)C6(F)F)[nH]4)cc3)cc2)c(Cl)[nH]1)C1C[C@@H]2[C@H](C1)C2(F)F. The number of fused-ring (bicyclic) bond motifs is 4. The van der Waals surface area contributed by atoms with Crippen molar-refractivity contribution in [3.8, 4) is 33.6 Å². The fourth-order valence-corrected chi connectivity index (χ4v) is 12.8. The Hall–Kier alpha value is -5.65. The van der Waals surface area contributed by atoms with Crippen molar-refractivity contribution < 1.29 is 46.2 Å². The number of carbonyl (C=O) groups excluding carboxylic acids is 4. The van der Waals surface area contributed by atoms with Crippen LogP contribution in [0.25, 0.3) is 33.6 Å². The molecule has 2 aromatic carbocycles. The standard InChI is InChI=1S/C47H47ClF4N8O6/c1-65-45(64)58(27-16-30-31(17-27)47(30,51)52)19-37(61)59-33-12-24(33)15-36(59)42-56-38(40(48)57-42)23-8-4-21(5-9-23)20-2-6-22(7-3-20)32-18-54-41(55-32)35-14-25-13-34(25)60(35)43(62)39(66-44(53)63)26-10-28-29(11-26)46(28,49)50/h2-9,18,24-31,33-36,39H,10-17,19H2,1H3,(H2,53,63)(H,54,55)(H,56,57)/t24-,25-,26?,27?,28-,29+,30-,31+,33-,34-,35+,36+,39?/m1/s1. The smallest absolute Gasteiger partial charge is 0.410 e. The average molecular weight is 931 g/mol. The van der Waals surface area contributed by atoms with Crippen LogP contribution in [0, 0.1) is 41.4 Å². The Balaban J connectivity index is 0.707. The number of amides is 4. The predicted octanol–water partition coefficient (Wildman–Crippen LogP) is 7.98. The van der Waals surface area contributed by atoms with Gasteiger partial charge in [0, 0.05) is 53.3 Å². The van der Waals surface area contributed by atoms with Gasteiger partial charge in [0.15, 0.2) is 6.10 Å². The second-order valence-electron chi connectivity index (χ2n) is 19.9. The molecule has 12 rings (SSSR count). The molecule has 0 bridgehead atoms. The number of aromatic amines is 2. The van der Waals surface area contributed by atoms with Crippen LogP contribution in [0.15, 0.2) is 54.7 Å². The summed E-state index contributed by atoms with van der Waals surface area (Å²) in [5.41, 5.74) is 10.2. The van der Waals surface area contributed by atoms with Crippen molar-refractivity contribution in [2.24, 2.45) is 47.2 Å². The third-order valence-corrected chi connectivity index (χ3v) is 16.6. The third kappa shape index (κ3) is 6.69. The Morgan fingerprint density at radius 3 is 1.91 bits per heavy atom. The van der Waals surface area contributed by atoms with E-state index < -0.39 is 71.7 Å². The molecule has 2 saturated heterocycles. The first-order chi connectivity index (χ1) is 31.6. The zero-order chi connectivity index (χ0) is 45.7. The van der Waals surface area contributed by atoms with Gasteiger partial charge in [0.1, 0.15) is 29.0 Å². The number of ether oxygens (including phenoxy) is 2. The zero-order valence-electron chi connectivity index (χ0n) is 35.7. The summed E-state index contributed by atoms with van der Waals surface area (Å²) >= 11 is 6.76. The number of hydrogen-bond acceptors (Lipinski definition) is 8. The molecule has 4 N–H and O–H groups in total. The monoisotopic (exact) mass is 930 g/mol. The maximum absolute atomic E-state index is 14.1. The summed E-state index contributed by atoms with van der Waals surface area (Å²) in [6.07, 6.45) is 2.30. The van der Waals surface area contributed by atoms with E-state index in [9.17, 15) is 36.7 Å². The number of hydrogen-bond donors (Lipinski definition) is 3. The Bertz CT molecular complexity index is 2630. The van der Waals surface area contributed by atoms with E-state index in [1.54, 1.807) is 16.0 Å². The normalized spacial score (nSPS) is 33.6. The Labute approximate surface area is 380 Å². The van der Waals surface area contributed by atoms with E-state index in [1.807, 2.05) is 48.5 Å². The Kier molecular flexibility index (Phi) is 9.28. The lowest BCUT2D eigenvalue weighted by Crippen LogP contribution is -2.48. The van der Waals surface area contributed by atoms with Gasteiger partial charge in [0.2, 0.25) is 5.91 Å². The first-order valence-corrected chi connectivity index (χ1v) is 23.2. The minimum Gasteiger partial charge on any atom is -0.453 e. The van der Waals surface area contributed by atoms with Gasteiger partial charge in [-0.25, -0.2) is 37.1 Å². The number of H-pyrrole nitrogens is 2. The summed E-state index contributed by atoms with van der Waals surface area (Å²) in [4.78, 5) is 73.7. The molecule has 346 valence electrons. The van der Waals surface area contributed by atoms with Gasteiger partial charge >= 0.3 is 12.2 Å². The minimum atomic E-state index is -2.72. The largest absolute Gasteiger partial charge is 0.453 e. The van der Waals surface area contributed by atoms with Gasteiger partial charge in [-0.05, 0) is 79.9 Å². The number of alkyl halides is 4. The molecule has 8 fully saturated rings. The number of nitrogens with one attached hydrogen (secondary N) is 2. The topological polar surface area (TPSA) is 180 Å². The molecule has 0 spiro atoms. The molecule has 19 heteroatoms. The number of methoxy groups -OCH3 is 1. The van der Waals surface area contributed by atoms with E-state index >= 15 is 0 Å². The number of nitrogens with two attached hydrogens (primary N) is 1. The molecular weight excluding hydrogens is 884 g/mol. The number of imidazole rings is 2. The summed E-state index contributed by atoms with van der Waals surface area (Å²) in [6.45, 7) is -0.258. The summed E-state index contributed by atoms with van der Waals surface area (Å²) in [5.74, 6) is -7.96. The molecule has 4 heterocycles. The van der Waals surface area contributed by atoms with Crippen molar-refractivity contribution in [3.63, 3.8) is 0 Å². The molecule has 8 aliphatic rings. The van der Waals surface area contributed by atoms with Crippen LogP contribution >= 0.6 is 11.6 Å². The van der Waals surface area contributed by atoms with E-state index in [0.717, 1.165) is 40.8 Å². The molecule has 66 heavy (non-hydrogen) atoms. The highest BCUT2D eigenvalue weighted by molar-refractivity contribution is 6.32. The molecular formula is C47H47ClF4N8O6. The van der Waals surface area contributed by atoms with Crippen molar-refractivity contribution >= 4 is 35.6 Å². The molecule has 6 saturated carbocycles. The van der Waals surface area contributed by atoms with E-state index in [1.165, 1.54) is 12.0 Å². The molecule has 4 aromatic rings.